The van der Waals surface area contributed by atoms with E-state index in [1.807, 2.05) is 37.3 Å². The average Bonchev–Trinajstić information content (AvgIpc) is 3.00. The first-order valence-corrected chi connectivity index (χ1v) is 10.1. The van der Waals surface area contributed by atoms with Crippen LogP contribution in [0.4, 0.5) is 0 Å². The molecule has 31 heavy (non-hydrogen) atoms. The van der Waals surface area contributed by atoms with Crippen molar-refractivity contribution in [1.29, 1.82) is 0 Å². The van der Waals surface area contributed by atoms with Crippen LogP contribution in [0.25, 0.3) is 5.52 Å². The third kappa shape index (κ3) is 4.42. The number of ketones is 1. The molecule has 1 unspecified atom stereocenters. The maximum absolute atomic E-state index is 12.7. The SMILES string of the molecule is CCCc1cc(OC(C)C(=O)O)c2c(C(=O)C(N)=O)c(C)c(Cc3ccccc3)n2n1. The number of aryl methyl sites for hydroxylation is 1. The Hall–Kier alpha value is -3.68. The quantitative estimate of drug-likeness (QED) is 0.403. The van der Waals surface area contributed by atoms with Crippen LogP contribution in [-0.4, -0.2) is 38.5 Å². The molecule has 0 saturated heterocycles. The molecule has 1 atom stereocenters. The van der Waals surface area contributed by atoms with Crippen LogP contribution >= 0.6 is 0 Å². The van der Waals surface area contributed by atoms with E-state index in [2.05, 4.69) is 5.10 Å². The van der Waals surface area contributed by atoms with Crippen LogP contribution in [0.5, 0.6) is 5.75 Å². The fourth-order valence-corrected chi connectivity index (χ4v) is 3.54. The highest BCUT2D eigenvalue weighted by atomic mass is 16.5. The summed E-state index contributed by atoms with van der Waals surface area (Å²) in [4.78, 5) is 35.9. The van der Waals surface area contributed by atoms with Crippen LogP contribution in [0.1, 0.15) is 53.1 Å². The van der Waals surface area contributed by atoms with Crippen molar-refractivity contribution in [3.05, 3.63) is 64.5 Å². The molecule has 2 aromatic heterocycles. The molecule has 0 aliphatic rings. The van der Waals surface area contributed by atoms with Crippen molar-refractivity contribution in [3.63, 3.8) is 0 Å². The highest BCUT2D eigenvalue weighted by molar-refractivity contribution is 6.44. The summed E-state index contributed by atoms with van der Waals surface area (Å²) in [6.45, 7) is 5.13. The number of nitrogens with two attached hydrogens (primary N) is 1. The Balaban J connectivity index is 2.33. The van der Waals surface area contributed by atoms with E-state index in [1.54, 1.807) is 17.5 Å². The summed E-state index contributed by atoms with van der Waals surface area (Å²) < 4.78 is 7.29. The Kier molecular flexibility index (Phi) is 6.39. The molecule has 8 nitrogen and oxygen atoms in total. The summed E-state index contributed by atoms with van der Waals surface area (Å²) in [5, 5.41) is 14.0. The Morgan fingerprint density at radius 2 is 1.90 bits per heavy atom. The fraction of sp³-hybridized carbons (Fsp3) is 0.304. The highest BCUT2D eigenvalue weighted by Gasteiger charge is 2.29. The van der Waals surface area contributed by atoms with Gasteiger partial charge in [-0.2, -0.15) is 5.10 Å². The number of primary amides is 1. The normalized spacial score (nSPS) is 12.0. The Morgan fingerprint density at radius 3 is 2.48 bits per heavy atom. The van der Waals surface area contributed by atoms with Gasteiger partial charge in [-0.3, -0.25) is 9.59 Å². The predicted molar refractivity (Wildman–Crippen MR) is 114 cm³/mol. The number of carbonyl (C=O) groups excluding carboxylic acids is 2. The lowest BCUT2D eigenvalue weighted by Gasteiger charge is -2.14. The zero-order valence-electron chi connectivity index (χ0n) is 17.7. The fourth-order valence-electron chi connectivity index (χ4n) is 3.54. The molecule has 0 aliphatic heterocycles. The third-order valence-electron chi connectivity index (χ3n) is 5.09. The van der Waals surface area contributed by atoms with E-state index in [4.69, 9.17) is 10.5 Å². The number of Topliss-reactive ketones (excluding diaryl/α,β-unsaturated/α-hetero) is 1. The maximum atomic E-state index is 12.7. The van der Waals surface area contributed by atoms with Gasteiger partial charge in [0.2, 0.25) is 0 Å². The molecule has 0 fully saturated rings. The topological polar surface area (TPSA) is 124 Å². The van der Waals surface area contributed by atoms with Gasteiger partial charge in [-0.25, -0.2) is 9.31 Å². The summed E-state index contributed by atoms with van der Waals surface area (Å²) in [6, 6.07) is 11.3. The van der Waals surface area contributed by atoms with Gasteiger partial charge in [0.25, 0.3) is 11.7 Å². The first kappa shape index (κ1) is 22.0. The molecule has 3 N–H and O–H groups in total. The number of carbonyl (C=O) groups is 3. The first-order valence-electron chi connectivity index (χ1n) is 10.1. The number of fused-ring (bicyclic) bond motifs is 1. The Bertz CT molecular complexity index is 1150. The molecule has 0 bridgehead atoms. The van der Waals surface area contributed by atoms with E-state index >= 15 is 0 Å². The monoisotopic (exact) mass is 423 g/mol. The summed E-state index contributed by atoms with van der Waals surface area (Å²) in [5.74, 6) is -2.94. The van der Waals surface area contributed by atoms with Gasteiger partial charge in [0.05, 0.1) is 17.0 Å². The van der Waals surface area contributed by atoms with E-state index < -0.39 is 23.8 Å². The van der Waals surface area contributed by atoms with Crippen LogP contribution in [0, 0.1) is 6.92 Å². The Morgan fingerprint density at radius 1 is 1.23 bits per heavy atom. The van der Waals surface area contributed by atoms with E-state index in [1.165, 1.54) is 6.92 Å². The lowest BCUT2D eigenvalue weighted by atomic mass is 10.0. The second kappa shape index (κ2) is 8.99. The Labute approximate surface area is 179 Å². The van der Waals surface area contributed by atoms with E-state index in [-0.39, 0.29) is 16.8 Å². The predicted octanol–water partition coefficient (Wildman–Crippen LogP) is 2.71. The number of aliphatic carboxylic acids is 1. The number of carboxylic acid groups (broad SMARTS) is 1. The molecule has 0 aliphatic carbocycles. The summed E-state index contributed by atoms with van der Waals surface area (Å²) >= 11 is 0. The molecule has 0 radical (unpaired) electrons. The maximum Gasteiger partial charge on any atom is 0.344 e. The number of aromatic nitrogens is 2. The van der Waals surface area contributed by atoms with Crippen LogP contribution in [0.2, 0.25) is 0 Å². The number of nitrogens with zero attached hydrogens (tertiary/aromatic N) is 2. The van der Waals surface area contributed by atoms with Gasteiger partial charge in [0, 0.05) is 12.5 Å². The molecule has 0 saturated carbocycles. The van der Waals surface area contributed by atoms with Crippen molar-refractivity contribution in [2.75, 3.05) is 0 Å². The summed E-state index contributed by atoms with van der Waals surface area (Å²) in [7, 11) is 0. The number of hydrogen-bond acceptors (Lipinski definition) is 5. The number of rotatable bonds is 9. The molecular weight excluding hydrogens is 398 g/mol. The molecular formula is C23H25N3O5. The molecule has 3 aromatic rings. The van der Waals surface area contributed by atoms with Gasteiger partial charge < -0.3 is 15.6 Å². The molecule has 1 amide bonds. The molecule has 0 spiro atoms. The first-order chi connectivity index (χ1) is 14.7. The van der Waals surface area contributed by atoms with E-state index in [0.717, 1.165) is 12.0 Å². The van der Waals surface area contributed by atoms with Gasteiger partial charge in [0.15, 0.2) is 6.10 Å². The number of benzene rings is 1. The van der Waals surface area contributed by atoms with Crippen LogP contribution in [0.15, 0.2) is 36.4 Å². The number of ether oxygens (including phenoxy) is 1. The standard InChI is InChI=1S/C23H25N3O5/c1-4-8-16-12-18(31-14(3)23(29)30)20-19(21(27)22(24)28)13(2)17(26(20)25-16)11-15-9-6-5-7-10-15/h5-7,9-10,12,14H,4,8,11H2,1-3H3,(H2,24,28)(H,29,30). The molecule has 3 rings (SSSR count). The van der Waals surface area contributed by atoms with Crippen LogP contribution < -0.4 is 10.5 Å². The molecule has 8 heteroatoms. The minimum Gasteiger partial charge on any atom is -0.479 e. The minimum absolute atomic E-state index is 0.0848. The number of hydrogen-bond donors (Lipinski definition) is 2. The van der Waals surface area contributed by atoms with Crippen molar-refractivity contribution >= 4 is 23.2 Å². The van der Waals surface area contributed by atoms with Gasteiger partial charge in [0.1, 0.15) is 11.3 Å². The van der Waals surface area contributed by atoms with Crippen molar-refractivity contribution < 1.29 is 24.2 Å². The van der Waals surface area contributed by atoms with Gasteiger partial charge in [-0.05, 0) is 31.4 Å². The van der Waals surface area contributed by atoms with E-state index in [9.17, 15) is 19.5 Å². The van der Waals surface area contributed by atoms with Crippen LogP contribution in [0.3, 0.4) is 0 Å². The van der Waals surface area contributed by atoms with Crippen LogP contribution in [-0.2, 0) is 22.4 Å². The third-order valence-corrected chi connectivity index (χ3v) is 5.09. The van der Waals surface area contributed by atoms with Crippen molar-refractivity contribution in [2.24, 2.45) is 5.73 Å². The van der Waals surface area contributed by atoms with Gasteiger partial charge in [-0.15, -0.1) is 0 Å². The largest absolute Gasteiger partial charge is 0.479 e. The lowest BCUT2D eigenvalue weighted by molar-refractivity contribution is -0.144. The highest BCUT2D eigenvalue weighted by Crippen LogP contribution is 2.33. The van der Waals surface area contributed by atoms with Crippen molar-refractivity contribution in [1.82, 2.24) is 9.61 Å². The zero-order valence-corrected chi connectivity index (χ0v) is 17.7. The number of carboxylic acids is 1. The van der Waals surface area contributed by atoms with Gasteiger partial charge in [-0.1, -0.05) is 43.7 Å². The zero-order chi connectivity index (χ0) is 22.7. The number of amides is 1. The smallest absolute Gasteiger partial charge is 0.344 e. The molecule has 162 valence electrons. The van der Waals surface area contributed by atoms with Crippen molar-refractivity contribution in [3.8, 4) is 5.75 Å². The summed E-state index contributed by atoms with van der Waals surface area (Å²) in [5.41, 5.74) is 8.59. The second-order valence-electron chi connectivity index (χ2n) is 7.41. The minimum atomic E-state index is -1.16. The average molecular weight is 423 g/mol. The summed E-state index contributed by atoms with van der Waals surface area (Å²) in [6.07, 6.45) is 0.740. The van der Waals surface area contributed by atoms with Crippen molar-refractivity contribution in [2.45, 2.75) is 46.1 Å². The van der Waals surface area contributed by atoms with Gasteiger partial charge >= 0.3 is 5.97 Å². The molecule has 2 heterocycles. The lowest BCUT2D eigenvalue weighted by Crippen LogP contribution is -2.25. The molecule has 1 aromatic carbocycles. The second-order valence-corrected chi connectivity index (χ2v) is 7.41. The van der Waals surface area contributed by atoms with E-state index in [0.29, 0.717) is 29.8 Å².